The van der Waals surface area contributed by atoms with Crippen molar-refractivity contribution >= 4 is 16.9 Å². The smallest absolute Gasteiger partial charge is 0.255 e. The second kappa shape index (κ2) is 6.63. The third-order valence-electron chi connectivity index (χ3n) is 4.24. The zero-order chi connectivity index (χ0) is 18.1. The quantitative estimate of drug-likeness (QED) is 0.749. The van der Waals surface area contributed by atoms with Crippen molar-refractivity contribution in [3.05, 3.63) is 53.8 Å². The molecule has 1 amide bonds. The van der Waals surface area contributed by atoms with Crippen molar-refractivity contribution in [1.29, 1.82) is 0 Å². The number of carbonyl (C=O) groups excluding carboxylic acids is 1. The van der Waals surface area contributed by atoms with Gasteiger partial charge in [-0.2, -0.15) is 0 Å². The molecule has 4 rings (SSSR count). The third-order valence-corrected chi connectivity index (χ3v) is 4.24. The molecule has 0 radical (unpaired) electrons. The maximum absolute atomic E-state index is 12.7. The summed E-state index contributed by atoms with van der Waals surface area (Å²) in [6.45, 7) is 4.48. The normalized spacial score (nSPS) is 13.6. The molecule has 0 saturated carbocycles. The molecule has 1 aromatic heterocycles. The van der Waals surface area contributed by atoms with E-state index in [0.717, 1.165) is 5.39 Å². The Kier molecular flexibility index (Phi) is 4.16. The molecule has 0 aliphatic carbocycles. The molecular weight excluding hydrogens is 334 g/mol. The van der Waals surface area contributed by atoms with Gasteiger partial charge in [0.25, 0.3) is 5.91 Å². The van der Waals surface area contributed by atoms with E-state index in [1.165, 1.54) is 0 Å². The van der Waals surface area contributed by atoms with Gasteiger partial charge in [0.15, 0.2) is 22.8 Å². The van der Waals surface area contributed by atoms with Crippen LogP contribution in [0.15, 0.2) is 46.9 Å². The van der Waals surface area contributed by atoms with Crippen molar-refractivity contribution in [2.24, 2.45) is 0 Å². The van der Waals surface area contributed by atoms with Crippen LogP contribution in [-0.4, -0.2) is 19.3 Å². The number of amides is 1. The molecule has 0 spiro atoms. The number of carbonyl (C=O) groups is 1. The Hall–Kier alpha value is -3.15. The van der Waals surface area contributed by atoms with Crippen molar-refractivity contribution in [3.8, 4) is 17.2 Å². The zero-order valence-corrected chi connectivity index (χ0v) is 14.6. The number of fused-ring (bicyclic) bond motifs is 2. The number of nitrogens with one attached hydrogen (secondary N) is 1. The van der Waals surface area contributed by atoms with E-state index in [4.69, 9.17) is 18.6 Å². The van der Waals surface area contributed by atoms with E-state index in [1.807, 2.05) is 38.1 Å². The monoisotopic (exact) mass is 353 g/mol. The fourth-order valence-corrected chi connectivity index (χ4v) is 2.99. The molecule has 1 unspecified atom stereocenters. The number of ether oxygens (including phenoxy) is 3. The van der Waals surface area contributed by atoms with E-state index in [-0.39, 0.29) is 18.7 Å². The lowest BCUT2D eigenvalue weighted by Crippen LogP contribution is -2.26. The lowest BCUT2D eigenvalue weighted by atomic mass is 10.1. The molecule has 6 heteroatoms. The van der Waals surface area contributed by atoms with Crippen LogP contribution in [0.2, 0.25) is 0 Å². The highest BCUT2D eigenvalue weighted by atomic mass is 16.7. The van der Waals surface area contributed by atoms with Crippen LogP contribution < -0.4 is 19.5 Å². The number of hydrogen-bond donors (Lipinski definition) is 1. The Balaban J connectivity index is 1.58. The van der Waals surface area contributed by atoms with Gasteiger partial charge in [0.05, 0.1) is 18.2 Å². The van der Waals surface area contributed by atoms with E-state index in [1.54, 1.807) is 18.2 Å². The summed E-state index contributed by atoms with van der Waals surface area (Å²) in [6, 6.07) is 12.6. The van der Waals surface area contributed by atoms with Crippen LogP contribution in [0.5, 0.6) is 17.2 Å². The molecule has 3 aromatic rings. The topological polar surface area (TPSA) is 69.9 Å². The highest BCUT2D eigenvalue weighted by Crippen LogP contribution is 2.36. The molecule has 0 fully saturated rings. The Labute approximate surface area is 150 Å². The largest absolute Gasteiger partial charge is 0.490 e. The van der Waals surface area contributed by atoms with Crippen LogP contribution in [0.1, 0.15) is 36.0 Å². The fourth-order valence-electron chi connectivity index (χ4n) is 2.99. The number of benzene rings is 2. The van der Waals surface area contributed by atoms with Gasteiger partial charge in [-0.25, -0.2) is 0 Å². The standard InChI is InChI=1S/C20H19NO5/c1-3-23-15-8-4-6-13-10-17(26-18(13)15)12(2)21-20(22)14-7-5-9-16-19(14)25-11-24-16/h4-10,12H,3,11H2,1-2H3,(H,21,22). The molecule has 2 aromatic carbocycles. The van der Waals surface area contributed by atoms with Gasteiger partial charge in [-0.3, -0.25) is 4.79 Å². The van der Waals surface area contributed by atoms with E-state index < -0.39 is 0 Å². The molecule has 0 saturated heterocycles. The molecule has 6 nitrogen and oxygen atoms in total. The van der Waals surface area contributed by atoms with Gasteiger partial charge in [0.2, 0.25) is 6.79 Å². The van der Waals surface area contributed by atoms with Crippen molar-refractivity contribution in [3.63, 3.8) is 0 Å². The summed E-state index contributed by atoms with van der Waals surface area (Å²) in [5.74, 6) is 2.16. The summed E-state index contributed by atoms with van der Waals surface area (Å²) in [4.78, 5) is 12.7. The van der Waals surface area contributed by atoms with Gasteiger partial charge in [-0.15, -0.1) is 0 Å². The summed E-state index contributed by atoms with van der Waals surface area (Å²) in [6.07, 6.45) is 0. The van der Waals surface area contributed by atoms with Gasteiger partial charge < -0.3 is 23.9 Å². The zero-order valence-electron chi connectivity index (χ0n) is 14.6. The molecule has 0 bridgehead atoms. The number of hydrogen-bond acceptors (Lipinski definition) is 5. The Bertz CT molecular complexity index is 962. The lowest BCUT2D eigenvalue weighted by Gasteiger charge is -2.12. The first kappa shape index (κ1) is 16.3. The molecule has 2 heterocycles. The van der Waals surface area contributed by atoms with Gasteiger partial charge >= 0.3 is 0 Å². The van der Waals surface area contributed by atoms with Crippen LogP contribution in [0.3, 0.4) is 0 Å². The first-order valence-electron chi connectivity index (χ1n) is 8.52. The minimum Gasteiger partial charge on any atom is -0.490 e. The van der Waals surface area contributed by atoms with Crippen molar-refractivity contribution in [1.82, 2.24) is 5.32 Å². The molecule has 1 aliphatic rings. The van der Waals surface area contributed by atoms with E-state index in [0.29, 0.717) is 40.8 Å². The summed E-state index contributed by atoms with van der Waals surface area (Å²) in [5.41, 5.74) is 1.13. The maximum Gasteiger partial charge on any atom is 0.255 e. The van der Waals surface area contributed by atoms with E-state index in [2.05, 4.69) is 5.32 Å². The second-order valence-corrected chi connectivity index (χ2v) is 5.99. The second-order valence-electron chi connectivity index (χ2n) is 5.99. The highest BCUT2D eigenvalue weighted by Gasteiger charge is 2.24. The summed E-state index contributed by atoms with van der Waals surface area (Å²) < 4.78 is 22.3. The van der Waals surface area contributed by atoms with Gasteiger partial charge in [-0.1, -0.05) is 18.2 Å². The average Bonchev–Trinajstić information content (AvgIpc) is 3.28. The molecule has 26 heavy (non-hydrogen) atoms. The Morgan fingerprint density at radius 3 is 2.92 bits per heavy atom. The predicted octanol–water partition coefficient (Wildman–Crippen LogP) is 4.05. The van der Waals surface area contributed by atoms with Crippen LogP contribution in [-0.2, 0) is 0 Å². The van der Waals surface area contributed by atoms with Crippen LogP contribution in [0.25, 0.3) is 11.0 Å². The van der Waals surface area contributed by atoms with Crippen LogP contribution in [0, 0.1) is 0 Å². The molecule has 1 atom stereocenters. The molecule has 134 valence electrons. The predicted molar refractivity (Wildman–Crippen MR) is 95.8 cm³/mol. The minimum absolute atomic E-state index is 0.124. The van der Waals surface area contributed by atoms with Crippen LogP contribution in [0.4, 0.5) is 0 Å². The molecule has 1 aliphatic heterocycles. The number of para-hydroxylation sites is 2. The Morgan fingerprint density at radius 2 is 2.08 bits per heavy atom. The fraction of sp³-hybridized carbons (Fsp3) is 0.250. The van der Waals surface area contributed by atoms with E-state index >= 15 is 0 Å². The Morgan fingerprint density at radius 1 is 1.23 bits per heavy atom. The summed E-state index contributed by atoms with van der Waals surface area (Å²) in [7, 11) is 0. The van der Waals surface area contributed by atoms with Gasteiger partial charge in [0, 0.05) is 5.39 Å². The summed E-state index contributed by atoms with van der Waals surface area (Å²) in [5, 5.41) is 3.88. The third kappa shape index (κ3) is 2.83. The van der Waals surface area contributed by atoms with Gasteiger partial charge in [-0.05, 0) is 38.1 Å². The van der Waals surface area contributed by atoms with Gasteiger partial charge in [0.1, 0.15) is 5.76 Å². The molecule has 1 N–H and O–H groups in total. The van der Waals surface area contributed by atoms with Crippen molar-refractivity contribution < 1.29 is 23.4 Å². The lowest BCUT2D eigenvalue weighted by molar-refractivity contribution is 0.0931. The first-order chi connectivity index (χ1) is 12.7. The summed E-state index contributed by atoms with van der Waals surface area (Å²) >= 11 is 0. The first-order valence-corrected chi connectivity index (χ1v) is 8.52. The van der Waals surface area contributed by atoms with Crippen molar-refractivity contribution in [2.75, 3.05) is 13.4 Å². The van der Waals surface area contributed by atoms with E-state index in [9.17, 15) is 4.79 Å². The van der Waals surface area contributed by atoms with Crippen molar-refractivity contribution in [2.45, 2.75) is 19.9 Å². The maximum atomic E-state index is 12.7. The van der Waals surface area contributed by atoms with Crippen LogP contribution >= 0.6 is 0 Å². The highest BCUT2D eigenvalue weighted by molar-refractivity contribution is 5.98. The number of rotatable bonds is 5. The molecular formula is C20H19NO5. The average molecular weight is 353 g/mol. The minimum atomic E-state index is -0.317. The SMILES string of the molecule is CCOc1cccc2cc(C(C)NC(=O)c3cccc4c3OCO4)oc12. The number of furan rings is 1.